The molecule has 0 aromatic heterocycles. The molecule has 2 rings (SSSR count). The highest BCUT2D eigenvalue weighted by Crippen LogP contribution is 2.52. The average Bonchev–Trinajstić information content (AvgIpc) is 2.96. The molecule has 6 heteroatoms. The van der Waals surface area contributed by atoms with E-state index in [1.165, 1.54) is 6.08 Å². The molecule has 1 saturated carbocycles. The lowest BCUT2D eigenvalue weighted by atomic mass is 10.0. The number of phenolic OH excluding ortho intramolecular Hbond substituents is 1. The molecule has 0 amide bonds. The first-order valence-corrected chi connectivity index (χ1v) is 4.85. The van der Waals surface area contributed by atoms with E-state index < -0.39 is 27.9 Å². The van der Waals surface area contributed by atoms with Crippen molar-refractivity contribution in [3.05, 3.63) is 28.3 Å². The van der Waals surface area contributed by atoms with Crippen molar-refractivity contribution in [1.82, 2.24) is 0 Å². The van der Waals surface area contributed by atoms with E-state index in [0.717, 1.165) is 0 Å². The third kappa shape index (κ3) is 1.49. The second kappa shape index (κ2) is 3.54. The van der Waals surface area contributed by atoms with Crippen molar-refractivity contribution in [2.24, 2.45) is 4.99 Å². The SMILES string of the molecule is O=C=NC1(c2c(F)cc(O)c(Cl)c2F)CC1. The van der Waals surface area contributed by atoms with Crippen LogP contribution in [-0.4, -0.2) is 11.2 Å². The number of hydrogen-bond donors (Lipinski definition) is 1. The molecule has 1 fully saturated rings. The molecule has 1 aliphatic rings. The Kier molecular flexibility index (Phi) is 2.45. The van der Waals surface area contributed by atoms with Crippen LogP contribution >= 0.6 is 11.6 Å². The van der Waals surface area contributed by atoms with Gasteiger partial charge in [0.2, 0.25) is 6.08 Å². The number of isocyanates is 1. The maximum Gasteiger partial charge on any atom is 0.235 e. The van der Waals surface area contributed by atoms with E-state index in [-0.39, 0.29) is 5.56 Å². The number of benzene rings is 1. The van der Waals surface area contributed by atoms with Gasteiger partial charge in [0.15, 0.2) is 5.82 Å². The fourth-order valence-electron chi connectivity index (χ4n) is 1.63. The Labute approximate surface area is 94.4 Å². The molecule has 0 atom stereocenters. The first-order chi connectivity index (χ1) is 7.52. The minimum atomic E-state index is -1.19. The maximum atomic E-state index is 13.7. The summed E-state index contributed by atoms with van der Waals surface area (Å²) in [4.78, 5) is 13.6. The Morgan fingerprint density at radius 2 is 2.12 bits per heavy atom. The van der Waals surface area contributed by atoms with Gasteiger partial charge in [0, 0.05) is 6.07 Å². The summed E-state index contributed by atoms with van der Waals surface area (Å²) in [5, 5.41) is 8.54. The minimum absolute atomic E-state index is 0.358. The number of carbonyl (C=O) groups excluding carboxylic acids is 1. The molecule has 1 aliphatic carbocycles. The van der Waals surface area contributed by atoms with Gasteiger partial charge in [-0.3, -0.25) is 0 Å². The molecule has 0 unspecified atom stereocenters. The highest BCUT2D eigenvalue weighted by Gasteiger charge is 2.49. The molecule has 0 radical (unpaired) electrons. The van der Waals surface area contributed by atoms with Crippen molar-refractivity contribution >= 4 is 17.7 Å². The van der Waals surface area contributed by atoms with Gasteiger partial charge in [-0.2, -0.15) is 4.99 Å². The van der Waals surface area contributed by atoms with E-state index in [4.69, 9.17) is 16.7 Å². The molecule has 0 heterocycles. The summed E-state index contributed by atoms with van der Waals surface area (Å²) in [5.41, 5.74) is -1.56. The van der Waals surface area contributed by atoms with Gasteiger partial charge >= 0.3 is 0 Å². The third-order valence-electron chi connectivity index (χ3n) is 2.59. The summed E-state index contributed by atoms with van der Waals surface area (Å²) in [6.45, 7) is 0. The first-order valence-electron chi connectivity index (χ1n) is 4.48. The van der Waals surface area contributed by atoms with Gasteiger partial charge in [0.1, 0.15) is 22.1 Å². The van der Waals surface area contributed by atoms with Crippen molar-refractivity contribution in [3.8, 4) is 5.75 Å². The Hall–Kier alpha value is -1.45. The lowest BCUT2D eigenvalue weighted by molar-refractivity contribution is 0.451. The van der Waals surface area contributed by atoms with E-state index in [0.29, 0.717) is 18.9 Å². The molecular formula is C10H6ClF2NO2. The Morgan fingerprint density at radius 1 is 1.50 bits per heavy atom. The van der Waals surface area contributed by atoms with Crippen LogP contribution in [0.3, 0.4) is 0 Å². The van der Waals surface area contributed by atoms with Crippen molar-refractivity contribution < 1.29 is 18.7 Å². The number of phenols is 1. The van der Waals surface area contributed by atoms with E-state index in [2.05, 4.69) is 4.99 Å². The van der Waals surface area contributed by atoms with Crippen LogP contribution < -0.4 is 0 Å². The monoisotopic (exact) mass is 245 g/mol. The summed E-state index contributed by atoms with van der Waals surface area (Å²) < 4.78 is 27.2. The second-order valence-electron chi connectivity index (χ2n) is 3.62. The number of hydrogen-bond acceptors (Lipinski definition) is 3. The summed E-state index contributed by atoms with van der Waals surface area (Å²) in [6.07, 6.45) is 2.01. The fraction of sp³-hybridized carbons (Fsp3) is 0.300. The summed E-state index contributed by atoms with van der Waals surface area (Å²) in [7, 11) is 0. The smallest absolute Gasteiger partial charge is 0.235 e. The van der Waals surface area contributed by atoms with Crippen LogP contribution in [0.5, 0.6) is 5.75 Å². The average molecular weight is 246 g/mol. The summed E-state index contributed by atoms with van der Waals surface area (Å²) >= 11 is 5.46. The van der Waals surface area contributed by atoms with Crippen LogP contribution in [0.15, 0.2) is 11.1 Å². The van der Waals surface area contributed by atoms with Gasteiger partial charge in [0.05, 0.1) is 5.56 Å². The van der Waals surface area contributed by atoms with Crippen molar-refractivity contribution in [2.45, 2.75) is 18.4 Å². The number of nitrogens with zero attached hydrogens (tertiary/aromatic N) is 1. The zero-order valence-electron chi connectivity index (χ0n) is 7.93. The van der Waals surface area contributed by atoms with Crippen LogP contribution in [0, 0.1) is 11.6 Å². The van der Waals surface area contributed by atoms with Crippen LogP contribution in [0.25, 0.3) is 0 Å². The van der Waals surface area contributed by atoms with E-state index >= 15 is 0 Å². The fourth-order valence-corrected chi connectivity index (χ4v) is 1.78. The van der Waals surface area contributed by atoms with Crippen LogP contribution in [0.1, 0.15) is 18.4 Å². The van der Waals surface area contributed by atoms with Gasteiger partial charge in [-0.1, -0.05) is 11.6 Å². The largest absolute Gasteiger partial charge is 0.506 e. The molecule has 1 aromatic rings. The zero-order chi connectivity index (χ0) is 11.9. The number of aromatic hydroxyl groups is 1. The predicted octanol–water partition coefficient (Wildman–Crippen LogP) is 2.65. The molecule has 0 saturated heterocycles. The van der Waals surface area contributed by atoms with Crippen molar-refractivity contribution in [1.29, 1.82) is 0 Å². The van der Waals surface area contributed by atoms with Gasteiger partial charge < -0.3 is 5.11 Å². The van der Waals surface area contributed by atoms with Crippen LogP contribution in [0.4, 0.5) is 8.78 Å². The highest BCUT2D eigenvalue weighted by molar-refractivity contribution is 6.32. The molecule has 0 spiro atoms. The summed E-state index contributed by atoms with van der Waals surface area (Å²) in [6, 6.07) is 0.709. The summed E-state index contributed by atoms with van der Waals surface area (Å²) in [5.74, 6) is -2.71. The van der Waals surface area contributed by atoms with Crippen molar-refractivity contribution in [2.75, 3.05) is 0 Å². The zero-order valence-corrected chi connectivity index (χ0v) is 8.68. The standard InChI is InChI=1S/C10H6ClF2NO2/c11-8-6(16)3-5(12)7(9(8)13)10(1-2-10)14-4-15/h3,16H,1-2H2. The van der Waals surface area contributed by atoms with Gasteiger partial charge in [-0.05, 0) is 12.8 Å². The lowest BCUT2D eigenvalue weighted by Crippen LogP contribution is -2.09. The minimum Gasteiger partial charge on any atom is -0.506 e. The molecule has 1 aromatic carbocycles. The molecule has 3 nitrogen and oxygen atoms in total. The normalized spacial score (nSPS) is 16.7. The van der Waals surface area contributed by atoms with Gasteiger partial charge in [0.25, 0.3) is 0 Å². The predicted molar refractivity (Wildman–Crippen MR) is 52.1 cm³/mol. The van der Waals surface area contributed by atoms with E-state index in [1.54, 1.807) is 0 Å². The number of rotatable bonds is 2. The van der Waals surface area contributed by atoms with Crippen LogP contribution in [-0.2, 0) is 10.3 Å². The lowest BCUT2D eigenvalue weighted by Gasteiger charge is -2.12. The maximum absolute atomic E-state index is 13.7. The molecule has 0 bridgehead atoms. The molecular weight excluding hydrogens is 240 g/mol. The third-order valence-corrected chi connectivity index (χ3v) is 2.95. The van der Waals surface area contributed by atoms with Crippen molar-refractivity contribution in [3.63, 3.8) is 0 Å². The van der Waals surface area contributed by atoms with E-state index in [9.17, 15) is 13.6 Å². The Bertz CT molecular complexity index is 508. The highest BCUT2D eigenvalue weighted by atomic mass is 35.5. The second-order valence-corrected chi connectivity index (χ2v) is 3.99. The quantitative estimate of drug-likeness (QED) is 0.495. The van der Waals surface area contributed by atoms with Crippen LogP contribution in [0.2, 0.25) is 5.02 Å². The molecule has 1 N–H and O–H groups in total. The molecule has 84 valence electrons. The Balaban J connectivity index is 2.66. The topological polar surface area (TPSA) is 49.7 Å². The van der Waals surface area contributed by atoms with E-state index in [1.807, 2.05) is 0 Å². The number of halogens is 3. The van der Waals surface area contributed by atoms with Gasteiger partial charge in [-0.15, -0.1) is 0 Å². The molecule has 0 aliphatic heterocycles. The van der Waals surface area contributed by atoms with Gasteiger partial charge in [-0.25, -0.2) is 13.6 Å². The first kappa shape index (κ1) is 11.0. The Morgan fingerprint density at radius 3 is 2.62 bits per heavy atom. The number of aliphatic imine (C=N–C) groups is 1. The molecule has 16 heavy (non-hydrogen) atoms.